The Hall–Kier alpha value is -1.42. The van der Waals surface area contributed by atoms with Gasteiger partial charge in [-0.05, 0) is 54.4 Å². The maximum Gasteiger partial charge on any atom is 0.130 e. The molecule has 4 heteroatoms. The number of rotatable bonds is 5. The number of ether oxygens (including phenoxy) is 1. The van der Waals surface area contributed by atoms with E-state index in [1.807, 2.05) is 44.2 Å². The van der Waals surface area contributed by atoms with Crippen molar-refractivity contribution in [2.45, 2.75) is 39.7 Å². The van der Waals surface area contributed by atoms with E-state index in [1.54, 1.807) is 0 Å². The lowest BCUT2D eigenvalue weighted by atomic mass is 10.1. The minimum absolute atomic E-state index is 0.165. The Labute approximate surface area is 128 Å². The molecule has 0 fully saturated rings. The predicted octanol–water partition coefficient (Wildman–Crippen LogP) is 4.65. The summed E-state index contributed by atoms with van der Waals surface area (Å²) in [6.45, 7) is 6.17. The Balaban J connectivity index is 2.35. The highest BCUT2D eigenvalue weighted by molar-refractivity contribution is 9.10. The van der Waals surface area contributed by atoms with Crippen LogP contribution in [-0.4, -0.2) is 16.1 Å². The molecule has 20 heavy (non-hydrogen) atoms. The quantitative estimate of drug-likeness (QED) is 0.746. The first kappa shape index (κ1) is 15.0. The number of aromatic nitrogens is 2. The first-order valence-electron chi connectivity index (χ1n) is 6.89. The molecular weight excluding hydrogens is 316 g/mol. The van der Waals surface area contributed by atoms with Crippen LogP contribution in [0.3, 0.4) is 0 Å². The molecule has 2 aromatic rings. The van der Waals surface area contributed by atoms with Gasteiger partial charge in [0.1, 0.15) is 16.2 Å². The number of halogens is 1. The minimum Gasteiger partial charge on any atom is -0.491 e. The molecule has 0 saturated heterocycles. The van der Waals surface area contributed by atoms with Gasteiger partial charge in [-0.25, -0.2) is 9.97 Å². The van der Waals surface area contributed by atoms with Crippen molar-refractivity contribution >= 4 is 15.9 Å². The lowest BCUT2D eigenvalue weighted by Crippen LogP contribution is -2.05. The third-order valence-electron chi connectivity index (χ3n) is 2.72. The summed E-state index contributed by atoms with van der Waals surface area (Å²) in [6.07, 6.45) is 2.08. The molecule has 0 aliphatic carbocycles. The molecular formula is C16H19BrN2O. The maximum absolute atomic E-state index is 5.73. The van der Waals surface area contributed by atoms with E-state index in [0.29, 0.717) is 0 Å². The van der Waals surface area contributed by atoms with Gasteiger partial charge in [-0.15, -0.1) is 0 Å². The van der Waals surface area contributed by atoms with Crippen molar-refractivity contribution in [2.75, 3.05) is 0 Å². The van der Waals surface area contributed by atoms with Gasteiger partial charge < -0.3 is 4.74 Å². The number of hydrogen-bond acceptors (Lipinski definition) is 3. The summed E-state index contributed by atoms with van der Waals surface area (Å²) in [7, 11) is 0. The fourth-order valence-electron chi connectivity index (χ4n) is 1.95. The summed E-state index contributed by atoms with van der Waals surface area (Å²) in [5.41, 5.74) is 1.97. The van der Waals surface area contributed by atoms with Crippen molar-refractivity contribution in [3.05, 3.63) is 40.8 Å². The van der Waals surface area contributed by atoms with Gasteiger partial charge in [0.25, 0.3) is 0 Å². The zero-order chi connectivity index (χ0) is 14.5. The summed E-state index contributed by atoms with van der Waals surface area (Å²) in [5, 5.41) is 0. The molecule has 1 aromatic heterocycles. The Morgan fingerprint density at radius 3 is 2.70 bits per heavy atom. The molecule has 0 aliphatic heterocycles. The molecule has 0 spiro atoms. The van der Waals surface area contributed by atoms with Gasteiger partial charge in [0.05, 0.1) is 11.8 Å². The molecule has 0 radical (unpaired) electrons. The van der Waals surface area contributed by atoms with E-state index < -0.39 is 0 Å². The molecule has 2 rings (SSSR count). The van der Waals surface area contributed by atoms with Crippen molar-refractivity contribution in [1.29, 1.82) is 0 Å². The molecule has 0 saturated carbocycles. The molecule has 0 atom stereocenters. The van der Waals surface area contributed by atoms with Crippen LogP contribution < -0.4 is 4.74 Å². The highest BCUT2D eigenvalue weighted by Gasteiger charge is 2.07. The highest BCUT2D eigenvalue weighted by atomic mass is 79.9. The molecule has 1 heterocycles. The SMILES string of the molecule is CCCc1nc(Br)cc(-c2cccc(OC(C)C)c2)n1. The van der Waals surface area contributed by atoms with E-state index in [0.717, 1.165) is 40.3 Å². The molecule has 0 amide bonds. The van der Waals surface area contributed by atoms with E-state index >= 15 is 0 Å². The van der Waals surface area contributed by atoms with Crippen LogP contribution >= 0.6 is 15.9 Å². The van der Waals surface area contributed by atoms with Crippen molar-refractivity contribution in [1.82, 2.24) is 9.97 Å². The lowest BCUT2D eigenvalue weighted by Gasteiger charge is -2.11. The average molecular weight is 335 g/mol. The van der Waals surface area contributed by atoms with Gasteiger partial charge in [0.15, 0.2) is 0 Å². The molecule has 3 nitrogen and oxygen atoms in total. The van der Waals surface area contributed by atoms with Crippen LogP contribution in [0.4, 0.5) is 0 Å². The topological polar surface area (TPSA) is 35.0 Å². The van der Waals surface area contributed by atoms with Crippen molar-refractivity contribution in [3.8, 4) is 17.0 Å². The molecule has 0 N–H and O–H groups in total. The minimum atomic E-state index is 0.165. The second kappa shape index (κ2) is 6.84. The van der Waals surface area contributed by atoms with Gasteiger partial charge in [-0.3, -0.25) is 0 Å². The monoisotopic (exact) mass is 334 g/mol. The van der Waals surface area contributed by atoms with Gasteiger partial charge >= 0.3 is 0 Å². The number of aryl methyl sites for hydroxylation is 1. The van der Waals surface area contributed by atoms with Gasteiger partial charge in [0.2, 0.25) is 0 Å². The zero-order valence-electron chi connectivity index (χ0n) is 12.1. The van der Waals surface area contributed by atoms with E-state index in [4.69, 9.17) is 4.74 Å². The Bertz CT molecular complexity index is 584. The van der Waals surface area contributed by atoms with Crippen LogP contribution in [0.5, 0.6) is 5.75 Å². The first-order valence-corrected chi connectivity index (χ1v) is 7.68. The van der Waals surface area contributed by atoms with Crippen LogP contribution in [0.1, 0.15) is 33.0 Å². The zero-order valence-corrected chi connectivity index (χ0v) is 13.6. The molecule has 0 aliphatic rings. The largest absolute Gasteiger partial charge is 0.491 e. The lowest BCUT2D eigenvalue weighted by molar-refractivity contribution is 0.242. The number of benzene rings is 1. The summed E-state index contributed by atoms with van der Waals surface area (Å²) >= 11 is 3.46. The molecule has 0 unspecified atom stereocenters. The second-order valence-corrected chi connectivity index (χ2v) is 5.75. The smallest absolute Gasteiger partial charge is 0.130 e. The van der Waals surface area contributed by atoms with Gasteiger partial charge in [0, 0.05) is 12.0 Å². The van der Waals surface area contributed by atoms with Gasteiger partial charge in [-0.1, -0.05) is 19.1 Å². The van der Waals surface area contributed by atoms with Crippen LogP contribution in [-0.2, 0) is 6.42 Å². The first-order chi connectivity index (χ1) is 9.58. The average Bonchev–Trinajstić information content (AvgIpc) is 2.38. The van der Waals surface area contributed by atoms with E-state index in [1.165, 1.54) is 0 Å². The number of hydrogen-bond donors (Lipinski definition) is 0. The van der Waals surface area contributed by atoms with E-state index in [-0.39, 0.29) is 6.10 Å². The Kier molecular flexibility index (Phi) is 5.12. The third-order valence-corrected chi connectivity index (χ3v) is 3.12. The Morgan fingerprint density at radius 1 is 1.20 bits per heavy atom. The van der Waals surface area contributed by atoms with E-state index in [2.05, 4.69) is 32.8 Å². The maximum atomic E-state index is 5.73. The summed E-state index contributed by atoms with van der Waals surface area (Å²) in [6, 6.07) is 9.95. The summed E-state index contributed by atoms with van der Waals surface area (Å²) in [5.74, 6) is 1.73. The fraction of sp³-hybridized carbons (Fsp3) is 0.375. The fourth-order valence-corrected chi connectivity index (χ4v) is 2.37. The predicted molar refractivity (Wildman–Crippen MR) is 84.9 cm³/mol. The van der Waals surface area contributed by atoms with Crippen LogP contribution in [0.15, 0.2) is 34.9 Å². The van der Waals surface area contributed by atoms with Crippen molar-refractivity contribution in [2.24, 2.45) is 0 Å². The summed E-state index contributed by atoms with van der Waals surface area (Å²) in [4.78, 5) is 9.01. The van der Waals surface area contributed by atoms with Crippen LogP contribution in [0, 0.1) is 0 Å². The number of nitrogens with zero attached hydrogens (tertiary/aromatic N) is 2. The molecule has 106 valence electrons. The standard InChI is InChI=1S/C16H19BrN2O/c1-4-6-16-18-14(10-15(17)19-16)12-7-5-8-13(9-12)20-11(2)3/h5,7-11H,4,6H2,1-3H3. The van der Waals surface area contributed by atoms with Crippen LogP contribution in [0.25, 0.3) is 11.3 Å². The Morgan fingerprint density at radius 2 is 2.00 bits per heavy atom. The van der Waals surface area contributed by atoms with Crippen LogP contribution in [0.2, 0.25) is 0 Å². The van der Waals surface area contributed by atoms with E-state index in [9.17, 15) is 0 Å². The highest BCUT2D eigenvalue weighted by Crippen LogP contribution is 2.25. The normalized spacial score (nSPS) is 10.8. The van der Waals surface area contributed by atoms with Crippen molar-refractivity contribution < 1.29 is 4.74 Å². The third kappa shape index (κ3) is 4.04. The molecule has 0 bridgehead atoms. The molecule has 1 aromatic carbocycles. The summed E-state index contributed by atoms with van der Waals surface area (Å²) < 4.78 is 6.55. The van der Waals surface area contributed by atoms with Crippen molar-refractivity contribution in [3.63, 3.8) is 0 Å². The van der Waals surface area contributed by atoms with Gasteiger partial charge in [-0.2, -0.15) is 0 Å². The second-order valence-electron chi connectivity index (χ2n) is 4.94.